The molecule has 1 atom stereocenters. The number of rotatable bonds is 4. The first-order valence-electron chi connectivity index (χ1n) is 5.71. The van der Waals surface area contributed by atoms with Crippen molar-refractivity contribution in [3.63, 3.8) is 0 Å². The van der Waals surface area contributed by atoms with Crippen LogP contribution in [0.1, 0.15) is 45.4 Å². The monoisotopic (exact) mass is 197 g/mol. The van der Waals surface area contributed by atoms with Crippen LogP contribution < -0.4 is 0 Å². The van der Waals surface area contributed by atoms with Gasteiger partial charge in [-0.2, -0.15) is 0 Å². The van der Waals surface area contributed by atoms with Gasteiger partial charge < -0.3 is 5.11 Å². The van der Waals surface area contributed by atoms with Crippen molar-refractivity contribution in [3.8, 4) is 0 Å². The first-order chi connectivity index (χ1) is 6.70. The van der Waals surface area contributed by atoms with Gasteiger partial charge in [-0.15, -0.1) is 0 Å². The second kappa shape index (κ2) is 3.54. The molecule has 0 aromatic carbocycles. The van der Waals surface area contributed by atoms with Crippen molar-refractivity contribution in [2.24, 2.45) is 0 Å². The fourth-order valence-corrected chi connectivity index (χ4v) is 2.84. The molecule has 3 nitrogen and oxygen atoms in total. The van der Waals surface area contributed by atoms with Gasteiger partial charge in [0, 0.05) is 6.04 Å². The summed E-state index contributed by atoms with van der Waals surface area (Å²) in [5.74, 6) is -0.594. The topological polar surface area (TPSA) is 40.5 Å². The summed E-state index contributed by atoms with van der Waals surface area (Å²) >= 11 is 0. The predicted molar refractivity (Wildman–Crippen MR) is 54.2 cm³/mol. The number of hydrogen-bond donors (Lipinski definition) is 1. The highest BCUT2D eigenvalue weighted by Crippen LogP contribution is 2.42. The lowest BCUT2D eigenvalue weighted by Crippen LogP contribution is -2.51. The third-order valence-electron chi connectivity index (χ3n) is 3.59. The number of aliphatic carboxylic acids is 1. The Morgan fingerprint density at radius 2 is 2.29 bits per heavy atom. The molecule has 0 spiro atoms. The van der Waals surface area contributed by atoms with E-state index in [1.165, 1.54) is 12.8 Å². The number of hydrogen-bond acceptors (Lipinski definition) is 2. The average Bonchev–Trinajstić information content (AvgIpc) is 2.89. The highest BCUT2D eigenvalue weighted by Gasteiger charge is 2.51. The Bertz CT molecular complexity index is 237. The molecule has 1 saturated carbocycles. The zero-order chi connectivity index (χ0) is 10.2. The molecular formula is C11H19NO2. The minimum Gasteiger partial charge on any atom is -0.480 e. The molecule has 1 heterocycles. The Morgan fingerprint density at radius 3 is 2.79 bits per heavy atom. The van der Waals surface area contributed by atoms with Gasteiger partial charge in [-0.1, -0.05) is 13.3 Å². The van der Waals surface area contributed by atoms with Gasteiger partial charge in [0.25, 0.3) is 0 Å². The van der Waals surface area contributed by atoms with Crippen LogP contribution in [-0.2, 0) is 4.79 Å². The zero-order valence-electron chi connectivity index (χ0n) is 8.83. The molecular weight excluding hydrogens is 178 g/mol. The van der Waals surface area contributed by atoms with Gasteiger partial charge in [-0.05, 0) is 38.6 Å². The standard InChI is InChI=1S/C11H19NO2/c1-2-6-11(10(13)14)7-3-8-12(11)9-4-5-9/h9H,2-8H2,1H3,(H,13,14). The summed E-state index contributed by atoms with van der Waals surface area (Å²) in [4.78, 5) is 13.7. The summed E-state index contributed by atoms with van der Waals surface area (Å²) in [5.41, 5.74) is -0.504. The Labute approximate surface area is 85.1 Å². The van der Waals surface area contributed by atoms with Gasteiger partial charge in [0.15, 0.2) is 0 Å². The maximum Gasteiger partial charge on any atom is 0.324 e. The molecule has 0 aromatic heterocycles. The molecule has 80 valence electrons. The van der Waals surface area contributed by atoms with Crippen molar-refractivity contribution in [3.05, 3.63) is 0 Å². The zero-order valence-corrected chi connectivity index (χ0v) is 8.83. The van der Waals surface area contributed by atoms with Crippen molar-refractivity contribution < 1.29 is 9.90 Å². The van der Waals surface area contributed by atoms with Crippen LogP contribution in [0.4, 0.5) is 0 Å². The summed E-state index contributed by atoms with van der Waals surface area (Å²) in [6.07, 6.45) is 6.11. The predicted octanol–water partition coefficient (Wildman–Crippen LogP) is 1.87. The molecule has 1 unspecified atom stereocenters. The molecule has 2 aliphatic rings. The SMILES string of the molecule is CCCC1(C(=O)O)CCCN1C1CC1. The second-order valence-corrected chi connectivity index (χ2v) is 4.61. The number of carbonyl (C=O) groups is 1. The van der Waals surface area contributed by atoms with Crippen LogP contribution >= 0.6 is 0 Å². The smallest absolute Gasteiger partial charge is 0.324 e. The summed E-state index contributed by atoms with van der Waals surface area (Å²) in [6, 6.07) is 0.583. The minimum absolute atomic E-state index is 0.504. The summed E-state index contributed by atoms with van der Waals surface area (Å²) in [7, 11) is 0. The highest BCUT2D eigenvalue weighted by atomic mass is 16.4. The van der Waals surface area contributed by atoms with Gasteiger partial charge in [0.2, 0.25) is 0 Å². The van der Waals surface area contributed by atoms with E-state index in [0.717, 1.165) is 32.2 Å². The van der Waals surface area contributed by atoms with Crippen molar-refractivity contribution in [1.29, 1.82) is 0 Å². The second-order valence-electron chi connectivity index (χ2n) is 4.61. The maximum absolute atomic E-state index is 11.4. The Hall–Kier alpha value is -0.570. The van der Waals surface area contributed by atoms with Gasteiger partial charge in [-0.25, -0.2) is 0 Å². The molecule has 1 saturated heterocycles. The third-order valence-corrected chi connectivity index (χ3v) is 3.59. The lowest BCUT2D eigenvalue weighted by atomic mass is 9.90. The first kappa shape index (κ1) is 9.97. The van der Waals surface area contributed by atoms with Crippen molar-refractivity contribution in [1.82, 2.24) is 4.90 Å². The van der Waals surface area contributed by atoms with Crippen molar-refractivity contribution in [2.45, 2.75) is 57.0 Å². The van der Waals surface area contributed by atoms with Gasteiger partial charge in [0.05, 0.1) is 0 Å². The maximum atomic E-state index is 11.4. The number of carboxylic acids is 1. The Kier molecular flexibility index (Phi) is 2.52. The highest BCUT2D eigenvalue weighted by molar-refractivity contribution is 5.79. The Morgan fingerprint density at radius 1 is 1.57 bits per heavy atom. The molecule has 2 rings (SSSR count). The van der Waals surface area contributed by atoms with Crippen LogP contribution in [0.5, 0.6) is 0 Å². The molecule has 2 fully saturated rings. The van der Waals surface area contributed by atoms with Crippen molar-refractivity contribution in [2.75, 3.05) is 6.54 Å². The average molecular weight is 197 g/mol. The molecule has 1 aliphatic carbocycles. The molecule has 0 aromatic rings. The number of carboxylic acid groups (broad SMARTS) is 1. The van der Waals surface area contributed by atoms with Crippen LogP contribution in [0.25, 0.3) is 0 Å². The molecule has 3 heteroatoms. The fraction of sp³-hybridized carbons (Fsp3) is 0.909. The molecule has 14 heavy (non-hydrogen) atoms. The van der Waals surface area contributed by atoms with Gasteiger partial charge in [0.1, 0.15) is 5.54 Å². The molecule has 0 amide bonds. The summed E-state index contributed by atoms with van der Waals surface area (Å²) in [6.45, 7) is 3.07. The lowest BCUT2D eigenvalue weighted by Gasteiger charge is -2.34. The molecule has 0 bridgehead atoms. The van der Waals surface area contributed by atoms with E-state index in [9.17, 15) is 9.90 Å². The molecule has 1 aliphatic heterocycles. The Balaban J connectivity index is 2.17. The van der Waals surface area contributed by atoms with E-state index in [-0.39, 0.29) is 0 Å². The van der Waals surface area contributed by atoms with E-state index in [2.05, 4.69) is 11.8 Å². The fourth-order valence-electron chi connectivity index (χ4n) is 2.84. The van der Waals surface area contributed by atoms with Gasteiger partial charge in [-0.3, -0.25) is 9.69 Å². The summed E-state index contributed by atoms with van der Waals surface area (Å²) < 4.78 is 0. The molecule has 0 radical (unpaired) electrons. The van der Waals surface area contributed by atoms with E-state index in [1.807, 2.05) is 0 Å². The van der Waals surface area contributed by atoms with Crippen LogP contribution in [-0.4, -0.2) is 34.1 Å². The number of likely N-dealkylation sites (tertiary alicyclic amines) is 1. The van der Waals surface area contributed by atoms with Gasteiger partial charge >= 0.3 is 5.97 Å². The van der Waals surface area contributed by atoms with E-state index >= 15 is 0 Å². The van der Waals surface area contributed by atoms with E-state index in [4.69, 9.17) is 0 Å². The number of nitrogens with zero attached hydrogens (tertiary/aromatic N) is 1. The quantitative estimate of drug-likeness (QED) is 0.748. The van der Waals surface area contributed by atoms with E-state index < -0.39 is 11.5 Å². The summed E-state index contributed by atoms with van der Waals surface area (Å²) in [5, 5.41) is 9.40. The van der Waals surface area contributed by atoms with Crippen LogP contribution in [0.3, 0.4) is 0 Å². The van der Waals surface area contributed by atoms with Crippen LogP contribution in [0.2, 0.25) is 0 Å². The van der Waals surface area contributed by atoms with Crippen molar-refractivity contribution >= 4 is 5.97 Å². The van der Waals surface area contributed by atoms with E-state index in [0.29, 0.717) is 6.04 Å². The first-order valence-corrected chi connectivity index (χ1v) is 5.71. The lowest BCUT2D eigenvalue weighted by molar-refractivity contribution is -0.150. The third kappa shape index (κ3) is 1.44. The normalized spacial score (nSPS) is 33.5. The molecule has 1 N–H and O–H groups in total. The largest absolute Gasteiger partial charge is 0.480 e. The van der Waals surface area contributed by atoms with Crippen LogP contribution in [0, 0.1) is 0 Å². The van der Waals surface area contributed by atoms with E-state index in [1.54, 1.807) is 0 Å². The minimum atomic E-state index is -0.594. The van der Waals surface area contributed by atoms with Crippen LogP contribution in [0.15, 0.2) is 0 Å².